The molecule has 0 radical (unpaired) electrons. The molecule has 1 N–H and O–H groups in total. The molecule has 0 heterocycles. The Morgan fingerprint density at radius 1 is 1.14 bits per heavy atom. The molecule has 152 valence electrons. The van der Waals surface area contributed by atoms with Crippen LogP contribution >= 0.6 is 0 Å². The molecule has 0 saturated carbocycles. The third-order valence-electron chi connectivity index (χ3n) is 3.41. The predicted octanol–water partition coefficient (Wildman–Crippen LogP) is 3.29. The van der Waals surface area contributed by atoms with Crippen molar-refractivity contribution in [2.24, 2.45) is 5.10 Å². The van der Waals surface area contributed by atoms with Crippen LogP contribution in [0.1, 0.15) is 29.8 Å². The predicted molar refractivity (Wildman–Crippen MR) is 103 cm³/mol. The second-order valence-corrected chi connectivity index (χ2v) is 5.43. The fourth-order valence-electron chi connectivity index (χ4n) is 2.19. The smallest absolute Gasteiger partial charge is 0.427 e. The summed E-state index contributed by atoms with van der Waals surface area (Å²) < 4.78 is 15.5. The molecule has 0 bridgehead atoms. The van der Waals surface area contributed by atoms with E-state index in [2.05, 4.69) is 15.3 Å². The molecule has 0 aromatic heterocycles. The minimum atomic E-state index is -0.764. The van der Waals surface area contributed by atoms with Crippen LogP contribution in [0.3, 0.4) is 0 Å². The highest BCUT2D eigenvalue weighted by Crippen LogP contribution is 2.29. The van der Waals surface area contributed by atoms with Gasteiger partial charge in [-0.2, -0.15) is 5.10 Å². The lowest BCUT2D eigenvalue weighted by atomic mass is 10.2. The highest BCUT2D eigenvalue weighted by atomic mass is 16.6. The quantitative estimate of drug-likeness (QED) is 0.236. The van der Waals surface area contributed by atoms with E-state index < -0.39 is 17.0 Å². The summed E-state index contributed by atoms with van der Waals surface area (Å²) in [6.45, 7) is 3.96. The Morgan fingerprint density at radius 3 is 2.62 bits per heavy atom. The van der Waals surface area contributed by atoms with Gasteiger partial charge in [0, 0.05) is 12.1 Å². The van der Waals surface area contributed by atoms with Crippen LogP contribution in [0.25, 0.3) is 0 Å². The fourth-order valence-corrected chi connectivity index (χ4v) is 2.19. The third-order valence-corrected chi connectivity index (χ3v) is 3.41. The zero-order valence-corrected chi connectivity index (χ0v) is 15.8. The van der Waals surface area contributed by atoms with Crippen LogP contribution in [-0.4, -0.2) is 36.4 Å². The normalized spacial score (nSPS) is 10.4. The van der Waals surface area contributed by atoms with Gasteiger partial charge in [-0.05, 0) is 43.7 Å². The third kappa shape index (κ3) is 6.31. The number of carbonyl (C=O) groups excluding carboxylic acids is 2. The lowest BCUT2D eigenvalue weighted by Gasteiger charge is -2.11. The van der Waals surface area contributed by atoms with Gasteiger partial charge in [0.05, 0.1) is 29.9 Å². The van der Waals surface area contributed by atoms with Crippen LogP contribution in [0, 0.1) is 10.1 Å². The number of nitro groups is 1. The van der Waals surface area contributed by atoms with Gasteiger partial charge in [-0.25, -0.2) is 15.0 Å². The van der Waals surface area contributed by atoms with Crippen molar-refractivity contribution < 1.29 is 28.7 Å². The molecule has 0 atom stereocenters. The number of rotatable bonds is 8. The van der Waals surface area contributed by atoms with Crippen molar-refractivity contribution in [3.05, 3.63) is 63.7 Å². The Bertz CT molecular complexity index is 928. The summed E-state index contributed by atoms with van der Waals surface area (Å²) >= 11 is 0. The van der Waals surface area contributed by atoms with Crippen molar-refractivity contribution in [3.63, 3.8) is 0 Å². The van der Waals surface area contributed by atoms with E-state index >= 15 is 0 Å². The minimum Gasteiger partial charge on any atom is -0.490 e. The van der Waals surface area contributed by atoms with Gasteiger partial charge < -0.3 is 14.2 Å². The number of hydrogen-bond acceptors (Lipinski definition) is 8. The number of ether oxygens (including phenoxy) is 3. The number of non-ortho nitro benzene ring substituents is 1. The van der Waals surface area contributed by atoms with Crippen molar-refractivity contribution >= 4 is 24.0 Å². The summed E-state index contributed by atoms with van der Waals surface area (Å²) in [7, 11) is 0. The maximum Gasteiger partial charge on any atom is 0.427 e. The van der Waals surface area contributed by atoms with Crippen LogP contribution < -0.4 is 14.9 Å². The molecule has 10 nitrogen and oxygen atoms in total. The second kappa shape index (κ2) is 10.4. The van der Waals surface area contributed by atoms with Gasteiger partial charge in [-0.1, -0.05) is 6.07 Å². The summed E-state index contributed by atoms with van der Waals surface area (Å²) in [6.07, 6.45) is 0.683. The van der Waals surface area contributed by atoms with Gasteiger partial charge in [0.25, 0.3) is 5.69 Å². The molecule has 0 aliphatic carbocycles. The second-order valence-electron chi connectivity index (χ2n) is 5.43. The summed E-state index contributed by atoms with van der Waals surface area (Å²) in [5.41, 5.74) is 2.58. The maximum absolute atomic E-state index is 12.4. The standard InChI is InChI=1S/C19H19N3O7/c1-3-27-17-10-13(12-20-21-19(24)28-4-2)8-9-16(17)29-18(23)14-6-5-7-15(11-14)22(25)26/h5-12H,3-4H2,1-2H3,(H,21,24)/b20-12-. The first-order valence-electron chi connectivity index (χ1n) is 8.63. The summed E-state index contributed by atoms with van der Waals surface area (Å²) in [6, 6.07) is 9.87. The van der Waals surface area contributed by atoms with Crippen molar-refractivity contribution in [2.75, 3.05) is 13.2 Å². The Morgan fingerprint density at radius 2 is 1.93 bits per heavy atom. The molecule has 0 saturated heterocycles. The van der Waals surface area contributed by atoms with E-state index in [9.17, 15) is 19.7 Å². The SMILES string of the molecule is CCOC(=O)N/N=C\c1ccc(OC(=O)c2cccc([N+](=O)[O-])c2)c(OCC)c1. The topological polar surface area (TPSA) is 129 Å². The number of benzene rings is 2. The first kappa shape index (κ1) is 21.4. The molecule has 0 fully saturated rings. The molecule has 2 aromatic rings. The molecule has 10 heteroatoms. The number of esters is 1. The summed E-state index contributed by atoms with van der Waals surface area (Å²) in [5.74, 6) is -0.356. The van der Waals surface area contributed by atoms with E-state index in [1.807, 2.05) is 0 Å². The van der Waals surface area contributed by atoms with Crippen LogP contribution in [0.4, 0.5) is 10.5 Å². The number of nitrogens with one attached hydrogen (secondary N) is 1. The van der Waals surface area contributed by atoms with Crippen LogP contribution in [0.15, 0.2) is 47.6 Å². The number of nitro benzene ring substituents is 1. The average molecular weight is 401 g/mol. The van der Waals surface area contributed by atoms with Crippen LogP contribution in [-0.2, 0) is 4.74 Å². The highest BCUT2D eigenvalue weighted by Gasteiger charge is 2.16. The molecular formula is C19H19N3O7. The molecule has 2 aromatic carbocycles. The Kier molecular flexibility index (Phi) is 7.66. The zero-order chi connectivity index (χ0) is 21.2. The van der Waals surface area contributed by atoms with Gasteiger partial charge in [0.1, 0.15) is 0 Å². The Labute approximate surface area is 166 Å². The van der Waals surface area contributed by atoms with Gasteiger partial charge in [0.15, 0.2) is 11.5 Å². The number of amides is 1. The Balaban J connectivity index is 2.16. The molecule has 0 aliphatic heterocycles. The number of nitrogens with zero attached hydrogens (tertiary/aromatic N) is 2. The molecule has 0 unspecified atom stereocenters. The average Bonchev–Trinajstić information content (AvgIpc) is 2.70. The largest absolute Gasteiger partial charge is 0.490 e. The summed E-state index contributed by atoms with van der Waals surface area (Å²) in [5, 5.41) is 14.6. The number of carbonyl (C=O) groups is 2. The fraction of sp³-hybridized carbons (Fsp3) is 0.211. The molecule has 29 heavy (non-hydrogen) atoms. The van der Waals surface area contributed by atoms with E-state index in [4.69, 9.17) is 9.47 Å². The monoisotopic (exact) mass is 401 g/mol. The van der Waals surface area contributed by atoms with E-state index in [0.29, 0.717) is 12.2 Å². The lowest BCUT2D eigenvalue weighted by Crippen LogP contribution is -2.18. The molecule has 0 spiro atoms. The number of hydrazone groups is 1. The van der Waals surface area contributed by atoms with Gasteiger partial charge in [-0.3, -0.25) is 10.1 Å². The molecule has 1 amide bonds. The van der Waals surface area contributed by atoms with Gasteiger partial charge in [-0.15, -0.1) is 0 Å². The van der Waals surface area contributed by atoms with E-state index in [1.54, 1.807) is 26.0 Å². The first-order valence-corrected chi connectivity index (χ1v) is 8.63. The highest BCUT2D eigenvalue weighted by molar-refractivity contribution is 5.92. The van der Waals surface area contributed by atoms with Crippen molar-refractivity contribution in [3.8, 4) is 11.5 Å². The van der Waals surface area contributed by atoms with Crippen LogP contribution in [0.2, 0.25) is 0 Å². The molecule has 2 rings (SSSR count). The van der Waals surface area contributed by atoms with Crippen molar-refractivity contribution in [1.29, 1.82) is 0 Å². The van der Waals surface area contributed by atoms with E-state index in [0.717, 1.165) is 6.07 Å². The molecule has 0 aliphatic rings. The van der Waals surface area contributed by atoms with Gasteiger partial charge >= 0.3 is 12.1 Å². The maximum atomic E-state index is 12.4. The number of hydrogen-bond donors (Lipinski definition) is 1. The van der Waals surface area contributed by atoms with E-state index in [-0.39, 0.29) is 29.4 Å². The van der Waals surface area contributed by atoms with Crippen LogP contribution in [0.5, 0.6) is 11.5 Å². The van der Waals surface area contributed by atoms with E-state index in [1.165, 1.54) is 30.5 Å². The minimum absolute atomic E-state index is 0.0333. The lowest BCUT2D eigenvalue weighted by molar-refractivity contribution is -0.384. The molecular weight excluding hydrogens is 382 g/mol. The zero-order valence-electron chi connectivity index (χ0n) is 15.8. The van der Waals surface area contributed by atoms with Crippen molar-refractivity contribution in [1.82, 2.24) is 5.43 Å². The summed E-state index contributed by atoms with van der Waals surface area (Å²) in [4.78, 5) is 33.8. The Hall–Kier alpha value is -3.95. The van der Waals surface area contributed by atoms with Gasteiger partial charge in [0.2, 0.25) is 0 Å². The van der Waals surface area contributed by atoms with Crippen molar-refractivity contribution in [2.45, 2.75) is 13.8 Å². The first-order chi connectivity index (χ1) is 13.9.